The fraction of sp³-hybridized carbons (Fsp3) is 0.333. The number of hydrogen-bond donors (Lipinski definition) is 1. The van der Waals surface area contributed by atoms with E-state index in [0.717, 1.165) is 17.9 Å². The van der Waals surface area contributed by atoms with E-state index in [-0.39, 0.29) is 0 Å². The Morgan fingerprint density at radius 2 is 2.00 bits per heavy atom. The highest BCUT2D eigenvalue weighted by Crippen LogP contribution is 2.31. The van der Waals surface area contributed by atoms with Crippen molar-refractivity contribution in [1.29, 1.82) is 0 Å². The fourth-order valence-electron chi connectivity index (χ4n) is 1.85. The molecule has 0 atom stereocenters. The third-order valence-electron chi connectivity index (χ3n) is 2.83. The zero-order valence-corrected chi connectivity index (χ0v) is 12.4. The lowest BCUT2D eigenvalue weighted by molar-refractivity contribution is 0.271. The van der Waals surface area contributed by atoms with Crippen LogP contribution in [-0.4, -0.2) is 30.7 Å². The van der Waals surface area contributed by atoms with Gasteiger partial charge >= 0.3 is 0 Å². The zero-order valence-electron chi connectivity index (χ0n) is 12.4. The van der Waals surface area contributed by atoms with Crippen molar-refractivity contribution in [2.75, 3.05) is 26.1 Å². The highest BCUT2D eigenvalue weighted by molar-refractivity contribution is 5.54. The Labute approximate surface area is 124 Å². The van der Waals surface area contributed by atoms with E-state index in [1.54, 1.807) is 14.2 Å². The molecule has 21 heavy (non-hydrogen) atoms. The van der Waals surface area contributed by atoms with E-state index >= 15 is 0 Å². The summed E-state index contributed by atoms with van der Waals surface area (Å²) in [6.45, 7) is 3.09. The Hall–Kier alpha value is -2.50. The molecule has 0 bridgehead atoms. The molecule has 0 unspecified atom stereocenters. The van der Waals surface area contributed by atoms with E-state index in [1.807, 2.05) is 31.2 Å². The first-order valence-corrected chi connectivity index (χ1v) is 6.67. The van der Waals surface area contributed by atoms with Gasteiger partial charge < -0.3 is 19.5 Å². The minimum absolute atomic E-state index is 0.371. The van der Waals surface area contributed by atoms with Gasteiger partial charge in [0.2, 0.25) is 5.75 Å². The van der Waals surface area contributed by atoms with Crippen LogP contribution in [0.3, 0.4) is 0 Å². The number of nitrogens with zero attached hydrogens (tertiary/aromatic N) is 2. The summed E-state index contributed by atoms with van der Waals surface area (Å²) in [6.07, 6.45) is 1.45. The molecule has 6 nitrogen and oxygen atoms in total. The molecule has 0 amide bonds. The third-order valence-corrected chi connectivity index (χ3v) is 2.83. The summed E-state index contributed by atoms with van der Waals surface area (Å²) in [5.41, 5.74) is 0.986. The van der Waals surface area contributed by atoms with Crippen LogP contribution in [0, 0.1) is 0 Å². The van der Waals surface area contributed by atoms with Gasteiger partial charge in [0, 0.05) is 6.54 Å². The molecule has 2 rings (SSSR count). The predicted octanol–water partition coefficient (Wildman–Crippen LogP) is 2.50. The van der Waals surface area contributed by atoms with Crippen LogP contribution in [0.2, 0.25) is 0 Å². The van der Waals surface area contributed by atoms with Crippen molar-refractivity contribution in [2.45, 2.75) is 13.5 Å². The zero-order chi connectivity index (χ0) is 15.1. The molecule has 0 aliphatic heterocycles. The van der Waals surface area contributed by atoms with Gasteiger partial charge in [-0.3, -0.25) is 0 Å². The quantitative estimate of drug-likeness (QED) is 0.845. The van der Waals surface area contributed by atoms with Crippen molar-refractivity contribution in [3.8, 4) is 17.4 Å². The van der Waals surface area contributed by atoms with Gasteiger partial charge in [-0.2, -0.15) is 4.98 Å². The molecule has 0 saturated carbocycles. The topological polar surface area (TPSA) is 65.5 Å². The van der Waals surface area contributed by atoms with Gasteiger partial charge in [0.05, 0.1) is 14.2 Å². The lowest BCUT2D eigenvalue weighted by Crippen LogP contribution is -2.06. The van der Waals surface area contributed by atoms with Crippen LogP contribution in [0.5, 0.6) is 17.4 Å². The third kappa shape index (κ3) is 3.75. The average Bonchev–Trinajstić information content (AvgIpc) is 2.53. The molecule has 0 aliphatic carbocycles. The molecule has 0 saturated heterocycles. The normalized spacial score (nSPS) is 10.0. The lowest BCUT2D eigenvalue weighted by atomic mass is 10.2. The van der Waals surface area contributed by atoms with E-state index in [9.17, 15) is 0 Å². The first-order valence-electron chi connectivity index (χ1n) is 6.67. The number of benzene rings is 1. The maximum atomic E-state index is 5.73. The predicted molar refractivity (Wildman–Crippen MR) is 80.1 cm³/mol. The monoisotopic (exact) mass is 289 g/mol. The van der Waals surface area contributed by atoms with Gasteiger partial charge in [0.1, 0.15) is 18.7 Å². The standard InChI is InChI=1S/C15H19N3O3/c1-4-16-14-13(20-3)15(18-10-17-14)21-9-11-6-5-7-12(8-11)19-2/h5-8,10H,4,9H2,1-3H3,(H,16,17,18). The average molecular weight is 289 g/mol. The van der Waals surface area contributed by atoms with Gasteiger partial charge in [-0.1, -0.05) is 12.1 Å². The molecular weight excluding hydrogens is 270 g/mol. The molecule has 6 heteroatoms. The van der Waals surface area contributed by atoms with Gasteiger partial charge in [-0.05, 0) is 24.6 Å². The highest BCUT2D eigenvalue weighted by atomic mass is 16.5. The summed E-state index contributed by atoms with van der Waals surface area (Å²) in [4.78, 5) is 8.26. The Kier molecular flexibility index (Phi) is 5.20. The fourth-order valence-corrected chi connectivity index (χ4v) is 1.85. The summed E-state index contributed by atoms with van der Waals surface area (Å²) >= 11 is 0. The summed E-state index contributed by atoms with van der Waals surface area (Å²) in [5, 5.41) is 3.11. The van der Waals surface area contributed by atoms with Crippen LogP contribution in [0.25, 0.3) is 0 Å². The number of rotatable bonds is 7. The lowest BCUT2D eigenvalue weighted by Gasteiger charge is -2.13. The van der Waals surface area contributed by atoms with Gasteiger partial charge in [-0.25, -0.2) is 4.98 Å². The molecule has 0 radical (unpaired) electrons. The molecule has 112 valence electrons. The minimum Gasteiger partial charge on any atom is -0.497 e. The number of methoxy groups -OCH3 is 2. The minimum atomic E-state index is 0.371. The number of nitrogens with one attached hydrogen (secondary N) is 1. The smallest absolute Gasteiger partial charge is 0.262 e. The molecule has 0 spiro atoms. The van der Waals surface area contributed by atoms with Gasteiger partial charge in [0.25, 0.3) is 5.88 Å². The van der Waals surface area contributed by atoms with Crippen molar-refractivity contribution >= 4 is 5.82 Å². The molecule has 1 aromatic carbocycles. The van der Waals surface area contributed by atoms with Crippen LogP contribution in [-0.2, 0) is 6.61 Å². The largest absolute Gasteiger partial charge is 0.497 e. The van der Waals surface area contributed by atoms with Crippen molar-refractivity contribution in [1.82, 2.24) is 9.97 Å². The molecular formula is C15H19N3O3. The second-order valence-corrected chi connectivity index (χ2v) is 4.23. The number of ether oxygens (including phenoxy) is 3. The number of anilines is 1. The van der Waals surface area contributed by atoms with Crippen LogP contribution < -0.4 is 19.5 Å². The van der Waals surface area contributed by atoms with Crippen molar-refractivity contribution in [3.63, 3.8) is 0 Å². The van der Waals surface area contributed by atoms with E-state index in [2.05, 4.69) is 15.3 Å². The number of aromatic nitrogens is 2. The summed E-state index contributed by atoms with van der Waals surface area (Å²) in [7, 11) is 3.20. The summed E-state index contributed by atoms with van der Waals surface area (Å²) in [6, 6.07) is 7.68. The molecule has 2 aromatic rings. The Morgan fingerprint density at radius 1 is 1.14 bits per heavy atom. The van der Waals surface area contributed by atoms with Crippen LogP contribution in [0.1, 0.15) is 12.5 Å². The van der Waals surface area contributed by atoms with E-state index in [0.29, 0.717) is 24.1 Å². The van der Waals surface area contributed by atoms with Gasteiger partial charge in [0.15, 0.2) is 5.82 Å². The maximum absolute atomic E-state index is 5.73. The Morgan fingerprint density at radius 3 is 2.71 bits per heavy atom. The Balaban J connectivity index is 2.13. The van der Waals surface area contributed by atoms with Crippen molar-refractivity contribution in [3.05, 3.63) is 36.2 Å². The molecule has 1 aromatic heterocycles. The van der Waals surface area contributed by atoms with Crippen molar-refractivity contribution < 1.29 is 14.2 Å². The van der Waals surface area contributed by atoms with Crippen LogP contribution in [0.4, 0.5) is 5.82 Å². The first kappa shape index (κ1) is 14.9. The SMILES string of the molecule is CCNc1ncnc(OCc2cccc(OC)c2)c1OC. The Bertz CT molecular complexity index is 590. The second kappa shape index (κ2) is 7.33. The van der Waals surface area contributed by atoms with Crippen molar-refractivity contribution in [2.24, 2.45) is 0 Å². The molecule has 1 N–H and O–H groups in total. The van der Waals surface area contributed by atoms with Gasteiger partial charge in [-0.15, -0.1) is 0 Å². The van der Waals surface area contributed by atoms with Crippen LogP contribution >= 0.6 is 0 Å². The van der Waals surface area contributed by atoms with E-state index in [1.165, 1.54) is 6.33 Å². The highest BCUT2D eigenvalue weighted by Gasteiger charge is 2.13. The second-order valence-electron chi connectivity index (χ2n) is 4.23. The van der Waals surface area contributed by atoms with E-state index in [4.69, 9.17) is 14.2 Å². The summed E-state index contributed by atoms with van der Waals surface area (Å²) < 4.78 is 16.2. The summed E-state index contributed by atoms with van der Waals surface area (Å²) in [5.74, 6) is 2.32. The molecule has 1 heterocycles. The maximum Gasteiger partial charge on any atom is 0.262 e. The molecule has 0 fully saturated rings. The van der Waals surface area contributed by atoms with E-state index < -0.39 is 0 Å². The molecule has 0 aliphatic rings. The van der Waals surface area contributed by atoms with Crippen LogP contribution in [0.15, 0.2) is 30.6 Å². The number of hydrogen-bond acceptors (Lipinski definition) is 6. The first-order chi connectivity index (χ1) is 10.3.